The third kappa shape index (κ3) is 3.89. The van der Waals surface area contributed by atoms with E-state index in [2.05, 4.69) is 0 Å². The quantitative estimate of drug-likeness (QED) is 0.686. The highest BCUT2D eigenvalue weighted by atomic mass is 35.5. The van der Waals surface area contributed by atoms with Gasteiger partial charge >= 0.3 is 0 Å². The molecule has 0 aromatic heterocycles. The predicted molar refractivity (Wildman–Crippen MR) is 44.9 cm³/mol. The van der Waals surface area contributed by atoms with Gasteiger partial charge in [0, 0.05) is 19.6 Å². The van der Waals surface area contributed by atoms with E-state index in [1.54, 1.807) is 0 Å². The first kappa shape index (κ1) is 11.1. The highest BCUT2D eigenvalue weighted by Crippen LogP contribution is 2.08. The molecule has 0 saturated carbocycles. The Balaban J connectivity index is 0.000001000. The van der Waals surface area contributed by atoms with Crippen molar-refractivity contribution in [3.8, 4) is 0 Å². The van der Waals surface area contributed by atoms with E-state index in [1.807, 2.05) is 4.90 Å². The van der Waals surface area contributed by atoms with Crippen LogP contribution in [0.2, 0.25) is 0 Å². The maximum Gasteiger partial charge on any atom is 0.102 e. The van der Waals surface area contributed by atoms with Crippen LogP contribution in [0.3, 0.4) is 0 Å². The van der Waals surface area contributed by atoms with Gasteiger partial charge in [0.05, 0.1) is 6.10 Å². The lowest BCUT2D eigenvalue weighted by Crippen LogP contribution is -2.36. The monoisotopic (exact) mass is 183 g/mol. The Bertz CT molecular complexity index is 96.4. The summed E-state index contributed by atoms with van der Waals surface area (Å²) in [5.41, 5.74) is 0. The fourth-order valence-corrected chi connectivity index (χ4v) is 1.26. The van der Waals surface area contributed by atoms with Gasteiger partial charge in [-0.15, -0.1) is 12.4 Å². The summed E-state index contributed by atoms with van der Waals surface area (Å²) in [6.45, 7) is 1.97. The van der Waals surface area contributed by atoms with Gasteiger partial charge in [-0.2, -0.15) is 0 Å². The molecule has 1 heterocycles. The summed E-state index contributed by atoms with van der Waals surface area (Å²) in [6.07, 6.45) is 1.47. The van der Waals surface area contributed by atoms with E-state index in [1.165, 1.54) is 0 Å². The second-order valence-electron chi connectivity index (χ2n) is 2.76. The molecule has 0 aromatic rings. The Morgan fingerprint density at radius 3 is 2.36 bits per heavy atom. The van der Waals surface area contributed by atoms with Crippen LogP contribution in [0.25, 0.3) is 0 Å². The lowest BCUT2D eigenvalue weighted by molar-refractivity contribution is 0.0796. The average molecular weight is 184 g/mol. The molecular weight excluding hydrogens is 169 g/mol. The smallest absolute Gasteiger partial charge is 0.102 e. The zero-order chi connectivity index (χ0) is 7.40. The minimum atomic E-state index is -0.268. The van der Waals surface area contributed by atoms with Gasteiger partial charge in [0.1, 0.15) is 6.67 Å². The van der Waals surface area contributed by atoms with E-state index >= 15 is 0 Å². The first-order chi connectivity index (χ1) is 4.83. The van der Waals surface area contributed by atoms with E-state index < -0.39 is 0 Å². The number of rotatable bonds is 2. The Morgan fingerprint density at radius 2 is 1.91 bits per heavy atom. The molecule has 4 heteroatoms. The molecule has 0 atom stereocenters. The molecule has 1 aliphatic rings. The molecule has 0 bridgehead atoms. The fourth-order valence-electron chi connectivity index (χ4n) is 1.26. The molecule has 2 nitrogen and oxygen atoms in total. The highest BCUT2D eigenvalue weighted by molar-refractivity contribution is 5.85. The normalized spacial score (nSPS) is 21.3. The molecule has 1 aliphatic heterocycles. The molecule has 0 radical (unpaired) electrons. The maximum atomic E-state index is 11.8. The molecule has 0 aliphatic carbocycles. The minimum absolute atomic E-state index is 0. The number of halogens is 2. The van der Waals surface area contributed by atoms with Crippen LogP contribution < -0.4 is 0 Å². The number of likely N-dealkylation sites (tertiary alicyclic amines) is 1. The van der Waals surface area contributed by atoms with Crippen molar-refractivity contribution in [2.45, 2.75) is 18.9 Å². The lowest BCUT2D eigenvalue weighted by atomic mass is 10.1. The molecule has 68 valence electrons. The molecule has 1 rings (SSSR count). The predicted octanol–water partition coefficient (Wildman–Crippen LogP) is 0.834. The van der Waals surface area contributed by atoms with Gasteiger partial charge in [-0.25, -0.2) is 4.39 Å². The minimum Gasteiger partial charge on any atom is -0.393 e. The van der Waals surface area contributed by atoms with Crippen LogP contribution in [0.4, 0.5) is 4.39 Å². The van der Waals surface area contributed by atoms with Gasteiger partial charge < -0.3 is 10.0 Å². The Kier molecular flexibility index (Phi) is 5.82. The third-order valence-corrected chi connectivity index (χ3v) is 1.96. The number of nitrogens with zero attached hydrogens (tertiary/aromatic N) is 1. The van der Waals surface area contributed by atoms with Crippen LogP contribution in [-0.2, 0) is 0 Å². The Morgan fingerprint density at radius 1 is 1.36 bits per heavy atom. The van der Waals surface area contributed by atoms with Crippen molar-refractivity contribution in [1.82, 2.24) is 4.90 Å². The average Bonchev–Trinajstić information content (AvgIpc) is 1.95. The van der Waals surface area contributed by atoms with Gasteiger partial charge in [-0.05, 0) is 12.8 Å². The first-order valence-electron chi connectivity index (χ1n) is 3.79. The fraction of sp³-hybridized carbons (Fsp3) is 1.00. The molecule has 0 amide bonds. The van der Waals surface area contributed by atoms with E-state index in [0.29, 0.717) is 6.54 Å². The Labute approximate surface area is 72.8 Å². The molecule has 1 fully saturated rings. The highest BCUT2D eigenvalue weighted by Gasteiger charge is 2.15. The summed E-state index contributed by atoms with van der Waals surface area (Å²) < 4.78 is 11.8. The summed E-state index contributed by atoms with van der Waals surface area (Å²) in [5, 5.41) is 9.07. The summed E-state index contributed by atoms with van der Waals surface area (Å²) >= 11 is 0. The zero-order valence-corrected chi connectivity index (χ0v) is 7.32. The summed E-state index contributed by atoms with van der Waals surface area (Å²) in [4.78, 5) is 2.05. The SMILES string of the molecule is Cl.OC1CCN(CCF)CC1. The molecular formula is C7H15ClFNO. The van der Waals surface area contributed by atoms with Crippen LogP contribution in [0.1, 0.15) is 12.8 Å². The van der Waals surface area contributed by atoms with Crippen LogP contribution >= 0.6 is 12.4 Å². The van der Waals surface area contributed by atoms with Crippen LogP contribution in [0, 0.1) is 0 Å². The van der Waals surface area contributed by atoms with Crippen molar-refractivity contribution in [3.05, 3.63) is 0 Å². The lowest BCUT2D eigenvalue weighted by Gasteiger charge is -2.28. The number of aliphatic hydroxyl groups is 1. The van der Waals surface area contributed by atoms with Crippen molar-refractivity contribution in [1.29, 1.82) is 0 Å². The maximum absolute atomic E-state index is 11.8. The number of hydrogen-bond donors (Lipinski definition) is 1. The molecule has 1 N–H and O–H groups in total. The molecule has 0 spiro atoms. The van der Waals surface area contributed by atoms with Gasteiger partial charge in [0.15, 0.2) is 0 Å². The van der Waals surface area contributed by atoms with E-state index in [4.69, 9.17) is 5.11 Å². The van der Waals surface area contributed by atoms with Crippen LogP contribution in [0.15, 0.2) is 0 Å². The second kappa shape index (κ2) is 5.75. The van der Waals surface area contributed by atoms with Crippen LogP contribution in [-0.4, -0.2) is 42.4 Å². The summed E-state index contributed by atoms with van der Waals surface area (Å²) in [5.74, 6) is 0. The van der Waals surface area contributed by atoms with Gasteiger partial charge in [0.2, 0.25) is 0 Å². The largest absolute Gasteiger partial charge is 0.393 e. The van der Waals surface area contributed by atoms with E-state index in [9.17, 15) is 4.39 Å². The molecule has 11 heavy (non-hydrogen) atoms. The van der Waals surface area contributed by atoms with E-state index in [-0.39, 0.29) is 25.2 Å². The molecule has 0 unspecified atom stereocenters. The number of aliphatic hydroxyl groups excluding tert-OH is 1. The standard InChI is InChI=1S/C7H14FNO.ClH/c8-3-6-9-4-1-7(10)2-5-9;/h7,10H,1-6H2;1H. The third-order valence-electron chi connectivity index (χ3n) is 1.96. The molecule has 1 saturated heterocycles. The summed E-state index contributed by atoms with van der Waals surface area (Å²) in [7, 11) is 0. The second-order valence-corrected chi connectivity index (χ2v) is 2.76. The number of alkyl halides is 1. The molecule has 0 aromatic carbocycles. The van der Waals surface area contributed by atoms with Gasteiger partial charge in [0.25, 0.3) is 0 Å². The zero-order valence-electron chi connectivity index (χ0n) is 6.50. The van der Waals surface area contributed by atoms with Crippen molar-refractivity contribution in [2.24, 2.45) is 0 Å². The Hall–Kier alpha value is 0.140. The van der Waals surface area contributed by atoms with E-state index in [0.717, 1.165) is 25.9 Å². The number of hydrogen-bond acceptors (Lipinski definition) is 2. The topological polar surface area (TPSA) is 23.5 Å². The number of piperidine rings is 1. The van der Waals surface area contributed by atoms with Gasteiger partial charge in [-0.3, -0.25) is 0 Å². The van der Waals surface area contributed by atoms with Crippen molar-refractivity contribution in [2.75, 3.05) is 26.3 Å². The van der Waals surface area contributed by atoms with Crippen molar-refractivity contribution < 1.29 is 9.50 Å². The first-order valence-corrected chi connectivity index (χ1v) is 3.79. The van der Waals surface area contributed by atoms with Crippen molar-refractivity contribution >= 4 is 12.4 Å². The van der Waals surface area contributed by atoms with Crippen LogP contribution in [0.5, 0.6) is 0 Å². The summed E-state index contributed by atoms with van der Waals surface area (Å²) in [6, 6.07) is 0. The van der Waals surface area contributed by atoms with Gasteiger partial charge in [-0.1, -0.05) is 0 Å². The van der Waals surface area contributed by atoms with Crippen molar-refractivity contribution in [3.63, 3.8) is 0 Å².